The maximum absolute atomic E-state index is 12.3. The van der Waals surface area contributed by atoms with Gasteiger partial charge in [0.15, 0.2) is 9.84 Å². The van der Waals surface area contributed by atoms with Crippen LogP contribution in [-0.2, 0) is 21.1 Å². The molecular formula is C14H21NO3S2. The average Bonchev–Trinajstić information content (AvgIpc) is 2.48. The smallest absolute Gasteiger partial charge is 0.179 e. The minimum atomic E-state index is -3.20. The molecule has 1 heterocycles. The predicted molar refractivity (Wildman–Crippen MR) is 82.7 cm³/mol. The van der Waals surface area contributed by atoms with E-state index in [0.29, 0.717) is 22.4 Å². The molecule has 0 saturated carbocycles. The van der Waals surface area contributed by atoms with Gasteiger partial charge >= 0.3 is 0 Å². The van der Waals surface area contributed by atoms with E-state index in [1.54, 1.807) is 30.0 Å². The number of sulfone groups is 1. The highest BCUT2D eigenvalue weighted by Gasteiger charge is 2.18. The molecule has 1 aromatic carbocycles. The molecule has 1 aliphatic rings. The second-order valence-corrected chi connectivity index (χ2v) is 8.37. The fourth-order valence-corrected chi connectivity index (χ4v) is 5.13. The Labute approximate surface area is 125 Å². The van der Waals surface area contributed by atoms with Crippen LogP contribution in [0.5, 0.6) is 0 Å². The molecule has 2 rings (SSSR count). The zero-order valence-electron chi connectivity index (χ0n) is 11.5. The van der Waals surface area contributed by atoms with Crippen LogP contribution in [0.2, 0.25) is 0 Å². The number of ether oxygens (including phenoxy) is 1. The highest BCUT2D eigenvalue weighted by Crippen LogP contribution is 2.23. The van der Waals surface area contributed by atoms with Gasteiger partial charge in [-0.05, 0) is 30.5 Å². The SMILES string of the molecule is NCc1cccc(S(=O)(=O)CCSC2CCOCC2)c1. The topological polar surface area (TPSA) is 69.4 Å². The summed E-state index contributed by atoms with van der Waals surface area (Å²) in [5, 5.41) is 0.536. The molecule has 0 unspecified atom stereocenters. The lowest BCUT2D eigenvalue weighted by molar-refractivity contribution is 0.100. The van der Waals surface area contributed by atoms with Crippen molar-refractivity contribution in [3.63, 3.8) is 0 Å². The van der Waals surface area contributed by atoms with Gasteiger partial charge in [0, 0.05) is 30.8 Å². The highest BCUT2D eigenvalue weighted by atomic mass is 32.2. The number of thioether (sulfide) groups is 1. The molecule has 0 aromatic heterocycles. The molecule has 0 atom stereocenters. The van der Waals surface area contributed by atoms with Gasteiger partial charge in [-0.15, -0.1) is 0 Å². The lowest BCUT2D eigenvalue weighted by atomic mass is 10.2. The first-order valence-corrected chi connectivity index (χ1v) is 9.53. The molecule has 6 heteroatoms. The van der Waals surface area contributed by atoms with Crippen molar-refractivity contribution in [2.24, 2.45) is 5.73 Å². The largest absolute Gasteiger partial charge is 0.381 e. The second-order valence-electron chi connectivity index (χ2n) is 4.85. The van der Waals surface area contributed by atoms with Crippen LogP contribution in [0.15, 0.2) is 29.2 Å². The van der Waals surface area contributed by atoms with Crippen LogP contribution in [0.25, 0.3) is 0 Å². The number of hydrogen-bond acceptors (Lipinski definition) is 5. The molecular weight excluding hydrogens is 294 g/mol. The molecule has 0 amide bonds. The van der Waals surface area contributed by atoms with Gasteiger partial charge in [0.2, 0.25) is 0 Å². The summed E-state index contributed by atoms with van der Waals surface area (Å²) in [6.45, 7) is 1.95. The first-order valence-electron chi connectivity index (χ1n) is 6.83. The van der Waals surface area contributed by atoms with E-state index in [9.17, 15) is 8.42 Å². The van der Waals surface area contributed by atoms with Gasteiger partial charge in [-0.3, -0.25) is 0 Å². The Kier molecular flexibility index (Phi) is 5.89. The average molecular weight is 315 g/mol. The summed E-state index contributed by atoms with van der Waals surface area (Å²) >= 11 is 1.74. The summed E-state index contributed by atoms with van der Waals surface area (Å²) in [4.78, 5) is 0.382. The molecule has 0 aliphatic carbocycles. The first kappa shape index (κ1) is 15.8. The van der Waals surface area contributed by atoms with Gasteiger partial charge in [-0.25, -0.2) is 8.42 Å². The van der Waals surface area contributed by atoms with Crippen LogP contribution in [0.3, 0.4) is 0 Å². The van der Waals surface area contributed by atoms with Crippen LogP contribution >= 0.6 is 11.8 Å². The zero-order valence-corrected chi connectivity index (χ0v) is 13.1. The number of benzene rings is 1. The van der Waals surface area contributed by atoms with Gasteiger partial charge in [0.1, 0.15) is 0 Å². The molecule has 4 nitrogen and oxygen atoms in total. The Balaban J connectivity index is 1.89. The zero-order chi connectivity index (χ0) is 14.4. The molecule has 0 radical (unpaired) electrons. The van der Waals surface area contributed by atoms with Crippen LogP contribution in [-0.4, -0.2) is 38.4 Å². The quantitative estimate of drug-likeness (QED) is 0.867. The van der Waals surface area contributed by atoms with Crippen LogP contribution in [0, 0.1) is 0 Å². The Bertz CT molecular complexity index is 525. The van der Waals surface area contributed by atoms with E-state index in [2.05, 4.69) is 0 Å². The maximum atomic E-state index is 12.3. The lowest BCUT2D eigenvalue weighted by Gasteiger charge is -2.21. The molecule has 2 N–H and O–H groups in total. The van der Waals surface area contributed by atoms with Crippen molar-refractivity contribution in [2.75, 3.05) is 24.7 Å². The number of rotatable bonds is 6. The molecule has 20 heavy (non-hydrogen) atoms. The molecule has 1 fully saturated rings. The third-order valence-electron chi connectivity index (χ3n) is 3.37. The predicted octanol–water partition coefficient (Wildman–Crippen LogP) is 1.83. The Morgan fingerprint density at radius 2 is 2.05 bits per heavy atom. The molecule has 1 aliphatic heterocycles. The summed E-state index contributed by atoms with van der Waals surface area (Å²) < 4.78 is 29.8. The van der Waals surface area contributed by atoms with E-state index in [0.717, 1.165) is 31.6 Å². The Morgan fingerprint density at radius 1 is 1.30 bits per heavy atom. The Hall–Kier alpha value is -0.560. The van der Waals surface area contributed by atoms with Crippen molar-refractivity contribution in [3.05, 3.63) is 29.8 Å². The van der Waals surface area contributed by atoms with Gasteiger partial charge in [-0.2, -0.15) is 11.8 Å². The van der Waals surface area contributed by atoms with E-state index < -0.39 is 9.84 Å². The van der Waals surface area contributed by atoms with Crippen LogP contribution < -0.4 is 5.73 Å². The molecule has 0 bridgehead atoms. The summed E-state index contributed by atoms with van der Waals surface area (Å²) in [7, 11) is -3.20. The minimum absolute atomic E-state index is 0.184. The molecule has 1 aromatic rings. The number of hydrogen-bond donors (Lipinski definition) is 1. The summed E-state index contributed by atoms with van der Waals surface area (Å²) in [6, 6.07) is 6.92. The Morgan fingerprint density at radius 3 is 2.75 bits per heavy atom. The van der Waals surface area contributed by atoms with Crippen molar-refractivity contribution in [1.82, 2.24) is 0 Å². The summed E-state index contributed by atoms with van der Waals surface area (Å²) in [6.07, 6.45) is 2.04. The van der Waals surface area contributed by atoms with E-state index in [1.807, 2.05) is 6.07 Å². The fraction of sp³-hybridized carbons (Fsp3) is 0.571. The second kappa shape index (κ2) is 7.45. The maximum Gasteiger partial charge on any atom is 0.179 e. The monoisotopic (exact) mass is 315 g/mol. The van der Waals surface area contributed by atoms with E-state index in [1.165, 1.54) is 0 Å². The van der Waals surface area contributed by atoms with Gasteiger partial charge in [-0.1, -0.05) is 12.1 Å². The van der Waals surface area contributed by atoms with Crippen LogP contribution in [0.1, 0.15) is 18.4 Å². The first-order chi connectivity index (χ1) is 9.62. The fourth-order valence-electron chi connectivity index (χ4n) is 2.15. The number of nitrogens with two attached hydrogens (primary N) is 1. The van der Waals surface area contributed by atoms with Crippen molar-refractivity contribution in [1.29, 1.82) is 0 Å². The summed E-state index contributed by atoms with van der Waals surface area (Å²) in [5.41, 5.74) is 6.40. The third kappa shape index (κ3) is 4.48. The van der Waals surface area contributed by atoms with E-state index in [4.69, 9.17) is 10.5 Å². The normalized spacial score (nSPS) is 17.2. The molecule has 1 saturated heterocycles. The van der Waals surface area contributed by atoms with E-state index >= 15 is 0 Å². The molecule has 0 spiro atoms. The van der Waals surface area contributed by atoms with Crippen LogP contribution in [0.4, 0.5) is 0 Å². The molecule has 112 valence electrons. The minimum Gasteiger partial charge on any atom is -0.381 e. The van der Waals surface area contributed by atoms with Gasteiger partial charge in [0.25, 0.3) is 0 Å². The van der Waals surface area contributed by atoms with Gasteiger partial charge < -0.3 is 10.5 Å². The van der Waals surface area contributed by atoms with Crippen molar-refractivity contribution >= 4 is 21.6 Å². The highest BCUT2D eigenvalue weighted by molar-refractivity contribution is 8.01. The van der Waals surface area contributed by atoms with Gasteiger partial charge in [0.05, 0.1) is 10.6 Å². The van der Waals surface area contributed by atoms with Crippen molar-refractivity contribution in [3.8, 4) is 0 Å². The third-order valence-corrected chi connectivity index (χ3v) is 6.72. The van der Waals surface area contributed by atoms with E-state index in [-0.39, 0.29) is 5.75 Å². The van der Waals surface area contributed by atoms with Crippen molar-refractivity contribution in [2.45, 2.75) is 29.5 Å². The van der Waals surface area contributed by atoms with Crippen molar-refractivity contribution < 1.29 is 13.2 Å². The lowest BCUT2D eigenvalue weighted by Crippen LogP contribution is -2.19. The standard InChI is InChI=1S/C14H21NO3S2/c15-11-12-2-1-3-14(10-12)20(16,17)9-8-19-13-4-6-18-7-5-13/h1-3,10,13H,4-9,11,15H2. The summed E-state index contributed by atoms with van der Waals surface area (Å²) in [5.74, 6) is 0.822.